The number of amides is 7. The van der Waals surface area contributed by atoms with Gasteiger partial charge in [0.1, 0.15) is 36.0 Å². The van der Waals surface area contributed by atoms with Gasteiger partial charge in [0, 0.05) is 58.4 Å². The predicted octanol–water partition coefficient (Wildman–Crippen LogP) is -1.69. The van der Waals surface area contributed by atoms with Gasteiger partial charge < -0.3 is 119 Å². The van der Waals surface area contributed by atoms with E-state index >= 15 is 0 Å². The highest BCUT2D eigenvalue weighted by atomic mass is 31.2. The van der Waals surface area contributed by atoms with Crippen LogP contribution in [0.5, 0.6) is 5.75 Å². The zero-order valence-corrected chi connectivity index (χ0v) is 58.3. The molecule has 101 heavy (non-hydrogen) atoms. The van der Waals surface area contributed by atoms with E-state index in [2.05, 4.69) is 47.9 Å². The first kappa shape index (κ1) is 94.0. The number of nitrogens with one attached hydrogen (secondary N) is 11. The molecule has 0 saturated heterocycles. The molecule has 0 aliphatic carbocycles. The van der Waals surface area contributed by atoms with Crippen LogP contribution in [0.1, 0.15) is 110 Å². The number of carbonyl (C=O) groups is 14. The van der Waals surface area contributed by atoms with Crippen molar-refractivity contribution in [2.75, 3.05) is 65.5 Å². The molecule has 2 aromatic carbocycles. The summed E-state index contributed by atoms with van der Waals surface area (Å²) in [6.07, 6.45) is -0.0226. The molecule has 22 N–H and O–H groups in total. The highest BCUT2D eigenvalue weighted by Crippen LogP contribution is 2.58. The van der Waals surface area contributed by atoms with E-state index in [1.807, 2.05) is 33.0 Å². The SMILES string of the molecule is CC.CC.CCC[C@H](NC(=O)N[C@@H](CCCCNC(=O)[C@H](Cc1ccccc1)NC(=O)COc1ccc(C[C@H](CC(=O)CNC(=O)CCC(NCCNCC(=O)O)C(=O)O)C(=O)O)cc1)C(=O)O)C(=O)O.O=C(O)CNCCNC(CCC(=O)NCC(=O)NC(P(=O)(O)O)P(=O)(O)O)C(=O)O. The van der Waals surface area contributed by atoms with Crippen molar-refractivity contribution in [2.45, 2.75) is 147 Å². The number of ketones is 1. The summed E-state index contributed by atoms with van der Waals surface area (Å²) >= 11 is 0. The van der Waals surface area contributed by atoms with E-state index < -0.39 is 166 Å². The molecule has 2 aromatic rings. The largest absolute Gasteiger partial charge is 0.484 e. The third kappa shape index (κ3) is 46.1. The normalized spacial score (nSPS) is 12.6. The Balaban J connectivity index is 0. The molecule has 0 aliphatic heterocycles. The van der Waals surface area contributed by atoms with Gasteiger partial charge in [-0.05, 0) is 68.2 Å². The summed E-state index contributed by atoms with van der Waals surface area (Å²) in [4.78, 5) is 201. The predicted molar refractivity (Wildman–Crippen MR) is 358 cm³/mol. The van der Waals surface area contributed by atoms with E-state index in [0.717, 1.165) is 5.56 Å². The maximum atomic E-state index is 13.3. The molecule has 0 aromatic heterocycles. The van der Waals surface area contributed by atoms with Crippen LogP contribution in [0.2, 0.25) is 0 Å². The second kappa shape index (κ2) is 52.9. The minimum Gasteiger partial charge on any atom is -0.484 e. The number of aliphatic carboxylic acids is 7. The zero-order chi connectivity index (χ0) is 77.3. The minimum atomic E-state index is -5.38. The fraction of sp³-hybridized carbons (Fsp3) is 0.567. The van der Waals surface area contributed by atoms with Crippen LogP contribution in [0.4, 0.5) is 4.79 Å². The van der Waals surface area contributed by atoms with Gasteiger partial charge in [0.25, 0.3) is 5.91 Å². The molecule has 0 bridgehead atoms. The Morgan fingerprint density at radius 1 is 0.446 bits per heavy atom. The quantitative estimate of drug-likeness (QED) is 0.0260. The number of carbonyl (C=O) groups excluding carboxylic acids is 7. The fourth-order valence-electron chi connectivity index (χ4n) is 8.36. The van der Waals surface area contributed by atoms with Gasteiger partial charge in [-0.3, -0.25) is 61.9 Å². The topological polar surface area (TPSA) is 637 Å². The number of carboxylic acids is 7. The van der Waals surface area contributed by atoms with Gasteiger partial charge in [0.05, 0.1) is 32.1 Å². The fourth-order valence-corrected chi connectivity index (χ4v) is 10.6. The van der Waals surface area contributed by atoms with Gasteiger partial charge in [-0.25, -0.2) is 14.4 Å². The Morgan fingerprint density at radius 3 is 1.36 bits per heavy atom. The lowest BCUT2D eigenvalue weighted by molar-refractivity contribution is -0.144. The molecule has 0 aliphatic rings. The van der Waals surface area contributed by atoms with Gasteiger partial charge in [-0.2, -0.15) is 0 Å². The molecule has 2 rings (SSSR count). The number of Topliss-reactive ketones (excluding diaryl/α,β-unsaturated/α-hetero) is 1. The van der Waals surface area contributed by atoms with Gasteiger partial charge in [-0.15, -0.1) is 0 Å². The van der Waals surface area contributed by atoms with Crippen LogP contribution in [-0.4, -0.2) is 240 Å². The smallest absolute Gasteiger partial charge is 0.360 e. The molecule has 0 heterocycles. The third-order valence-electron chi connectivity index (χ3n) is 13.2. The number of hydrogen-bond acceptors (Lipinski definition) is 21. The lowest BCUT2D eigenvalue weighted by Gasteiger charge is -2.20. The zero-order valence-electron chi connectivity index (χ0n) is 56.5. The van der Waals surface area contributed by atoms with E-state index in [9.17, 15) is 96.7 Å². The second-order valence-corrected chi connectivity index (χ2v) is 25.1. The molecule has 570 valence electrons. The van der Waals surface area contributed by atoms with Crippen molar-refractivity contribution in [3.63, 3.8) is 0 Å². The maximum Gasteiger partial charge on any atom is 0.360 e. The number of ether oxygens (including phenoxy) is 1. The van der Waals surface area contributed by atoms with E-state index in [-0.39, 0.29) is 109 Å². The van der Waals surface area contributed by atoms with Crippen LogP contribution in [0.3, 0.4) is 0 Å². The summed E-state index contributed by atoms with van der Waals surface area (Å²) in [6, 6.07) is 8.33. The Kier molecular flexibility index (Phi) is 49.2. The van der Waals surface area contributed by atoms with Gasteiger partial charge in [0.2, 0.25) is 29.2 Å². The second-order valence-electron chi connectivity index (χ2n) is 21.3. The average molecular weight is 1480 g/mol. The average Bonchev–Trinajstić information content (AvgIpc) is 0.833. The van der Waals surface area contributed by atoms with E-state index in [1.54, 1.807) is 49.4 Å². The highest BCUT2D eigenvalue weighted by Gasteiger charge is 2.44. The Hall–Kier alpha value is -9.04. The van der Waals surface area contributed by atoms with Crippen LogP contribution in [-0.2, 0) is 84.3 Å². The summed E-state index contributed by atoms with van der Waals surface area (Å²) < 4.78 is 27.7. The van der Waals surface area contributed by atoms with Crippen LogP contribution in [0.25, 0.3) is 0 Å². The monoisotopic (exact) mass is 1480 g/mol. The van der Waals surface area contributed by atoms with Crippen LogP contribution in [0.15, 0.2) is 54.6 Å². The van der Waals surface area contributed by atoms with Crippen molar-refractivity contribution in [1.82, 2.24) is 58.5 Å². The molecule has 39 nitrogen and oxygen atoms in total. The first-order valence-electron chi connectivity index (χ1n) is 31.8. The molecule has 6 atom stereocenters. The standard InChI is InChI=1S/C44H61N7O16.C12H24N4O12P2.2C2H6/c1-2-8-33(42(62)63)50-44(66)51-34(43(64)65)11-6-7-18-47-39(57)35(22-27-9-4-3-5-10-27)49-37(54)26-67-31-14-12-28(13-15-31)21-29(40(58)59)23-30(52)24-48-36(53)17-16-32(41(60)61)46-20-19-45-25-38(55)56;17-8(2-1-7(11(21)22)14-4-3-13-6-10(19)20)15-5-9(18)16-12(29(23,24)25)30(26,27)28;2*1-2/h3-5,9-10,12-15,29,32-35,45-46H,2,6-8,11,16-26H2,1H3,(H,47,57)(H,48,53)(H,49,54)(H,55,56)(H,58,59)(H,60,61)(H,62,63)(H,64,65)(H2,50,51,66);7,12-14H,1-6H2,(H,15,17)(H,16,18)(H,19,20)(H,21,22)(H2,23,24,25)(H2,26,27,28);2*1-2H3/t29-,32?,33+,34+,35+;;;/m1.../s1. The summed E-state index contributed by atoms with van der Waals surface area (Å²) in [5.41, 5.74) is -1.48. The third-order valence-corrected chi connectivity index (χ3v) is 16.6. The number of carboxylic acid groups (broad SMARTS) is 7. The Bertz CT molecular complexity index is 3030. The number of urea groups is 1. The molecule has 7 amide bonds. The lowest BCUT2D eigenvalue weighted by Crippen LogP contribution is -2.51. The van der Waals surface area contributed by atoms with Gasteiger partial charge in [0.15, 0.2) is 12.4 Å². The Labute approximate surface area is 581 Å². The number of unbranched alkanes of at least 4 members (excludes halogenated alkanes) is 1. The first-order chi connectivity index (χ1) is 47.5. The van der Waals surface area contributed by atoms with Crippen LogP contribution in [0, 0.1) is 5.92 Å². The molecular weight excluding hydrogens is 1380 g/mol. The first-order valence-corrected chi connectivity index (χ1v) is 35.2. The summed E-state index contributed by atoms with van der Waals surface area (Å²) in [7, 11) is -10.8. The highest BCUT2D eigenvalue weighted by molar-refractivity contribution is 7.70. The van der Waals surface area contributed by atoms with Crippen molar-refractivity contribution in [1.29, 1.82) is 0 Å². The number of rotatable bonds is 50. The van der Waals surface area contributed by atoms with Gasteiger partial charge in [-0.1, -0.05) is 83.5 Å². The van der Waals surface area contributed by atoms with E-state index in [0.29, 0.717) is 18.4 Å². The van der Waals surface area contributed by atoms with E-state index in [4.69, 9.17) is 39.6 Å². The molecule has 41 heteroatoms. The molecule has 0 saturated carbocycles. The van der Waals surface area contributed by atoms with Crippen molar-refractivity contribution in [3.05, 3.63) is 65.7 Å². The molecule has 0 spiro atoms. The summed E-state index contributed by atoms with van der Waals surface area (Å²) in [6.45, 7) is 7.99. The minimum absolute atomic E-state index is 0.00513. The number of benzene rings is 2. The Morgan fingerprint density at radius 2 is 0.911 bits per heavy atom. The maximum absolute atomic E-state index is 13.3. The van der Waals surface area contributed by atoms with E-state index in [1.165, 1.54) is 17.4 Å². The summed E-state index contributed by atoms with van der Waals surface area (Å²) in [5.74, 6) is -13.8. The molecule has 0 fully saturated rings. The summed E-state index contributed by atoms with van der Waals surface area (Å²) in [5, 5.41) is 90.3. The molecule has 2 unspecified atom stereocenters. The molecular formula is C60H97N11O28P2. The van der Waals surface area contributed by atoms with Gasteiger partial charge >= 0.3 is 63.0 Å². The van der Waals surface area contributed by atoms with Crippen molar-refractivity contribution >= 4 is 98.3 Å². The van der Waals surface area contributed by atoms with Crippen LogP contribution >= 0.6 is 15.2 Å². The van der Waals surface area contributed by atoms with Crippen LogP contribution < -0.4 is 63.2 Å². The lowest BCUT2D eigenvalue weighted by atomic mass is 9.94. The van der Waals surface area contributed by atoms with Crippen molar-refractivity contribution < 1.29 is 136 Å². The van der Waals surface area contributed by atoms with Crippen molar-refractivity contribution in [2.24, 2.45) is 5.92 Å². The molecule has 0 radical (unpaired) electrons. The number of hydrogen-bond donors (Lipinski definition) is 22. The van der Waals surface area contributed by atoms with Crippen molar-refractivity contribution in [3.8, 4) is 5.75 Å².